The smallest absolute Gasteiger partial charge is 0.163 e. The van der Waals surface area contributed by atoms with Crippen molar-refractivity contribution in [1.29, 1.82) is 0 Å². The Morgan fingerprint density at radius 2 is 2.21 bits per heavy atom. The summed E-state index contributed by atoms with van der Waals surface area (Å²) in [6.07, 6.45) is 3.20. The zero-order valence-corrected chi connectivity index (χ0v) is 11.5. The lowest BCUT2D eigenvalue weighted by Gasteiger charge is -2.25. The molecule has 0 amide bonds. The summed E-state index contributed by atoms with van der Waals surface area (Å²) in [5.41, 5.74) is 3.07. The molecule has 0 fully saturated rings. The molecule has 0 saturated heterocycles. The Bertz CT molecular complexity index is 633. The summed E-state index contributed by atoms with van der Waals surface area (Å²) in [4.78, 5) is 0. The predicted molar refractivity (Wildman–Crippen MR) is 72.3 cm³/mol. The maximum absolute atomic E-state index is 11.2. The average molecular weight is 258 g/mol. The van der Waals surface area contributed by atoms with Crippen LogP contribution in [-0.2, 0) is 19.1 Å². The standard InChI is InChI=1S/C15H18N2O2/c1-10-4-5-11-6-7-15(18,12(11)8-10)14-13(19-3)9-16-17(14)2/h4-5,8-9,18H,6-7H2,1-3H3. The number of ether oxygens (including phenoxy) is 1. The number of nitrogens with zero attached hydrogens (tertiary/aromatic N) is 2. The molecular formula is C15H18N2O2. The van der Waals surface area contributed by atoms with Gasteiger partial charge in [-0.05, 0) is 30.9 Å². The van der Waals surface area contributed by atoms with Crippen molar-refractivity contribution in [1.82, 2.24) is 9.78 Å². The Balaban J connectivity index is 2.21. The van der Waals surface area contributed by atoms with E-state index in [0.717, 1.165) is 23.2 Å². The Morgan fingerprint density at radius 3 is 2.95 bits per heavy atom. The van der Waals surface area contributed by atoms with Crippen molar-refractivity contribution in [3.05, 3.63) is 46.8 Å². The molecule has 1 aromatic carbocycles. The van der Waals surface area contributed by atoms with Gasteiger partial charge in [-0.25, -0.2) is 0 Å². The van der Waals surface area contributed by atoms with E-state index >= 15 is 0 Å². The molecule has 1 aliphatic carbocycles. The van der Waals surface area contributed by atoms with Crippen molar-refractivity contribution in [2.45, 2.75) is 25.4 Å². The van der Waals surface area contributed by atoms with E-state index < -0.39 is 5.60 Å². The molecule has 0 aliphatic heterocycles. The molecule has 1 N–H and O–H groups in total. The molecule has 0 radical (unpaired) electrons. The predicted octanol–water partition coefficient (Wildman–Crippen LogP) is 1.92. The lowest BCUT2D eigenvalue weighted by molar-refractivity contribution is 0.0710. The van der Waals surface area contributed by atoms with Crippen LogP contribution in [0.3, 0.4) is 0 Å². The zero-order valence-electron chi connectivity index (χ0n) is 11.5. The monoisotopic (exact) mass is 258 g/mol. The highest BCUT2D eigenvalue weighted by Crippen LogP contribution is 2.45. The van der Waals surface area contributed by atoms with E-state index in [1.54, 1.807) is 18.0 Å². The van der Waals surface area contributed by atoms with Crippen molar-refractivity contribution in [2.24, 2.45) is 7.05 Å². The molecular weight excluding hydrogens is 240 g/mol. The molecule has 1 aromatic heterocycles. The van der Waals surface area contributed by atoms with Gasteiger partial charge < -0.3 is 9.84 Å². The number of benzene rings is 1. The molecule has 4 nitrogen and oxygen atoms in total. The number of methoxy groups -OCH3 is 1. The first kappa shape index (κ1) is 12.2. The normalized spacial score (nSPS) is 21.5. The molecule has 19 heavy (non-hydrogen) atoms. The van der Waals surface area contributed by atoms with Crippen LogP contribution in [0.2, 0.25) is 0 Å². The molecule has 1 heterocycles. The third-order valence-electron chi connectivity index (χ3n) is 3.98. The van der Waals surface area contributed by atoms with Gasteiger partial charge in [0.25, 0.3) is 0 Å². The summed E-state index contributed by atoms with van der Waals surface area (Å²) in [5.74, 6) is 0.638. The Kier molecular flexibility index (Phi) is 2.64. The molecule has 1 unspecified atom stereocenters. The van der Waals surface area contributed by atoms with Gasteiger partial charge >= 0.3 is 0 Å². The highest BCUT2D eigenvalue weighted by atomic mass is 16.5. The number of rotatable bonds is 2. The number of aliphatic hydroxyl groups is 1. The van der Waals surface area contributed by atoms with Crippen LogP contribution in [0.4, 0.5) is 0 Å². The molecule has 2 aromatic rings. The summed E-state index contributed by atoms with van der Waals surface area (Å²) in [6, 6.07) is 6.26. The topological polar surface area (TPSA) is 47.3 Å². The summed E-state index contributed by atoms with van der Waals surface area (Å²) >= 11 is 0. The summed E-state index contributed by atoms with van der Waals surface area (Å²) < 4.78 is 7.05. The quantitative estimate of drug-likeness (QED) is 0.895. The zero-order chi connectivity index (χ0) is 13.6. The van der Waals surface area contributed by atoms with E-state index in [1.165, 1.54) is 5.56 Å². The van der Waals surface area contributed by atoms with Gasteiger partial charge in [0.15, 0.2) is 5.75 Å². The van der Waals surface area contributed by atoms with E-state index in [9.17, 15) is 5.11 Å². The lowest BCUT2D eigenvalue weighted by Crippen LogP contribution is -2.27. The molecule has 0 bridgehead atoms. The van der Waals surface area contributed by atoms with Gasteiger partial charge in [-0.2, -0.15) is 5.10 Å². The minimum atomic E-state index is -1.00. The van der Waals surface area contributed by atoms with E-state index in [4.69, 9.17) is 4.74 Å². The number of hydrogen-bond donors (Lipinski definition) is 1. The first-order valence-electron chi connectivity index (χ1n) is 6.45. The minimum Gasteiger partial charge on any atom is -0.493 e. The van der Waals surface area contributed by atoms with E-state index in [2.05, 4.69) is 23.3 Å². The van der Waals surface area contributed by atoms with Gasteiger partial charge in [-0.1, -0.05) is 23.8 Å². The number of aryl methyl sites for hydroxylation is 3. The first-order chi connectivity index (χ1) is 9.06. The summed E-state index contributed by atoms with van der Waals surface area (Å²) in [5, 5.41) is 15.4. The third-order valence-corrected chi connectivity index (χ3v) is 3.98. The number of hydrogen-bond acceptors (Lipinski definition) is 3. The van der Waals surface area contributed by atoms with E-state index in [-0.39, 0.29) is 0 Å². The van der Waals surface area contributed by atoms with Crippen molar-refractivity contribution < 1.29 is 9.84 Å². The molecule has 0 saturated carbocycles. The van der Waals surface area contributed by atoms with Crippen LogP contribution in [0.1, 0.15) is 28.8 Å². The lowest BCUT2D eigenvalue weighted by atomic mass is 9.90. The maximum Gasteiger partial charge on any atom is 0.163 e. The minimum absolute atomic E-state index is 0.638. The maximum atomic E-state index is 11.2. The molecule has 1 atom stereocenters. The molecule has 4 heteroatoms. The van der Waals surface area contributed by atoms with Crippen LogP contribution in [0.5, 0.6) is 5.75 Å². The second-order valence-electron chi connectivity index (χ2n) is 5.21. The third kappa shape index (κ3) is 1.67. The Labute approximate surface area is 112 Å². The average Bonchev–Trinajstić information content (AvgIpc) is 2.92. The molecule has 0 spiro atoms. The SMILES string of the molecule is COc1cnn(C)c1C1(O)CCc2ccc(C)cc21. The van der Waals surface area contributed by atoms with Crippen LogP contribution in [0, 0.1) is 6.92 Å². The molecule has 1 aliphatic rings. The fourth-order valence-corrected chi connectivity index (χ4v) is 3.03. The second-order valence-corrected chi connectivity index (χ2v) is 5.21. The van der Waals surface area contributed by atoms with Crippen molar-refractivity contribution in [2.75, 3.05) is 7.11 Å². The van der Waals surface area contributed by atoms with Gasteiger partial charge in [0.05, 0.1) is 13.3 Å². The fraction of sp³-hybridized carbons (Fsp3) is 0.400. The van der Waals surface area contributed by atoms with Crippen LogP contribution in [0.25, 0.3) is 0 Å². The molecule has 3 rings (SSSR count). The van der Waals surface area contributed by atoms with Gasteiger partial charge in [-0.3, -0.25) is 4.68 Å². The van der Waals surface area contributed by atoms with E-state index in [1.807, 2.05) is 14.0 Å². The van der Waals surface area contributed by atoms with E-state index in [0.29, 0.717) is 12.2 Å². The molecule has 100 valence electrons. The largest absolute Gasteiger partial charge is 0.493 e. The highest BCUT2D eigenvalue weighted by Gasteiger charge is 2.42. The van der Waals surface area contributed by atoms with Crippen LogP contribution in [0.15, 0.2) is 24.4 Å². The Hall–Kier alpha value is -1.81. The number of aromatic nitrogens is 2. The van der Waals surface area contributed by atoms with Crippen LogP contribution < -0.4 is 4.74 Å². The van der Waals surface area contributed by atoms with Crippen LogP contribution in [-0.4, -0.2) is 22.0 Å². The van der Waals surface area contributed by atoms with Gasteiger partial charge in [0.2, 0.25) is 0 Å². The fourth-order valence-electron chi connectivity index (χ4n) is 3.03. The van der Waals surface area contributed by atoms with Gasteiger partial charge in [0.1, 0.15) is 11.3 Å². The van der Waals surface area contributed by atoms with Crippen molar-refractivity contribution >= 4 is 0 Å². The van der Waals surface area contributed by atoms with Gasteiger partial charge in [-0.15, -0.1) is 0 Å². The van der Waals surface area contributed by atoms with Crippen molar-refractivity contribution in [3.63, 3.8) is 0 Å². The van der Waals surface area contributed by atoms with Crippen molar-refractivity contribution in [3.8, 4) is 5.75 Å². The first-order valence-corrected chi connectivity index (χ1v) is 6.45. The summed E-state index contributed by atoms with van der Waals surface area (Å²) in [6.45, 7) is 2.04. The second kappa shape index (κ2) is 4.10. The van der Waals surface area contributed by atoms with Crippen LogP contribution >= 0.6 is 0 Å². The van der Waals surface area contributed by atoms with Gasteiger partial charge in [0, 0.05) is 7.05 Å². The number of fused-ring (bicyclic) bond motifs is 1. The summed E-state index contributed by atoms with van der Waals surface area (Å²) in [7, 11) is 3.44. The Morgan fingerprint density at radius 1 is 1.42 bits per heavy atom. The highest BCUT2D eigenvalue weighted by molar-refractivity contribution is 5.48.